The lowest BCUT2D eigenvalue weighted by Crippen LogP contribution is -2.26. The van der Waals surface area contributed by atoms with Crippen molar-refractivity contribution in [3.8, 4) is 0 Å². The van der Waals surface area contributed by atoms with E-state index in [1.54, 1.807) is 35.6 Å². The van der Waals surface area contributed by atoms with E-state index in [9.17, 15) is 18.0 Å². The molecule has 0 radical (unpaired) electrons. The number of benzene rings is 2. The zero-order chi connectivity index (χ0) is 22.6. The molecule has 10 heteroatoms. The minimum atomic E-state index is -3.67. The van der Waals surface area contributed by atoms with Crippen LogP contribution < -0.4 is 14.9 Å². The fourth-order valence-electron chi connectivity index (χ4n) is 3.25. The number of ether oxygens (including phenoxy) is 1. The molecule has 1 fully saturated rings. The SMILES string of the molecule is O=C(Nc1ccccc1N1CCOC1=O)c1ccc(S(=O)(=O)NCCc2cccs2)cc1. The van der Waals surface area contributed by atoms with E-state index < -0.39 is 22.0 Å². The molecule has 4 rings (SSSR count). The second kappa shape index (κ2) is 9.51. The first-order valence-corrected chi connectivity index (χ1v) is 12.3. The molecule has 1 aliphatic rings. The number of hydrogen-bond acceptors (Lipinski definition) is 6. The summed E-state index contributed by atoms with van der Waals surface area (Å²) >= 11 is 1.58. The molecule has 32 heavy (non-hydrogen) atoms. The number of carbonyl (C=O) groups is 2. The Morgan fingerprint density at radius 1 is 1.06 bits per heavy atom. The predicted octanol–water partition coefficient (Wildman–Crippen LogP) is 3.48. The van der Waals surface area contributed by atoms with Gasteiger partial charge in [0.1, 0.15) is 6.61 Å². The predicted molar refractivity (Wildman–Crippen MR) is 123 cm³/mol. The molecule has 166 valence electrons. The van der Waals surface area contributed by atoms with E-state index in [0.29, 0.717) is 43.1 Å². The van der Waals surface area contributed by atoms with Crippen molar-refractivity contribution in [2.24, 2.45) is 0 Å². The number of hydrogen-bond donors (Lipinski definition) is 2. The highest BCUT2D eigenvalue weighted by molar-refractivity contribution is 7.89. The number of amides is 2. The highest BCUT2D eigenvalue weighted by Crippen LogP contribution is 2.28. The molecule has 2 aromatic carbocycles. The molecule has 0 spiro atoms. The van der Waals surface area contributed by atoms with Gasteiger partial charge in [-0.3, -0.25) is 9.69 Å². The summed E-state index contributed by atoms with van der Waals surface area (Å²) in [7, 11) is -3.67. The van der Waals surface area contributed by atoms with Gasteiger partial charge >= 0.3 is 6.09 Å². The number of cyclic esters (lactones) is 1. The molecule has 2 amide bonds. The van der Waals surface area contributed by atoms with Crippen LogP contribution in [0, 0.1) is 0 Å². The Kier molecular flexibility index (Phi) is 6.54. The summed E-state index contributed by atoms with van der Waals surface area (Å²) in [5.41, 5.74) is 1.29. The molecule has 0 unspecified atom stereocenters. The first-order chi connectivity index (χ1) is 15.4. The summed E-state index contributed by atoms with van der Waals surface area (Å²) in [5, 5.41) is 4.73. The Labute approximate surface area is 189 Å². The van der Waals surface area contributed by atoms with E-state index in [2.05, 4.69) is 10.0 Å². The molecule has 2 N–H and O–H groups in total. The summed E-state index contributed by atoms with van der Waals surface area (Å²) in [6.45, 7) is 0.983. The first-order valence-electron chi connectivity index (χ1n) is 9.91. The molecule has 0 bridgehead atoms. The largest absolute Gasteiger partial charge is 0.447 e. The van der Waals surface area contributed by atoms with Gasteiger partial charge in [0.25, 0.3) is 5.91 Å². The third-order valence-corrected chi connectivity index (χ3v) is 7.29. The molecule has 2 heterocycles. The Balaban J connectivity index is 1.42. The lowest BCUT2D eigenvalue weighted by atomic mass is 10.2. The van der Waals surface area contributed by atoms with Gasteiger partial charge in [-0.25, -0.2) is 17.9 Å². The summed E-state index contributed by atoms with van der Waals surface area (Å²) in [6, 6.07) is 16.5. The molecule has 0 atom stereocenters. The second-order valence-corrected chi connectivity index (χ2v) is 9.79. The van der Waals surface area contributed by atoms with Crippen molar-refractivity contribution < 1.29 is 22.7 Å². The van der Waals surface area contributed by atoms with Crippen molar-refractivity contribution in [3.05, 3.63) is 76.5 Å². The highest BCUT2D eigenvalue weighted by Gasteiger charge is 2.26. The van der Waals surface area contributed by atoms with Crippen LogP contribution in [-0.4, -0.2) is 40.1 Å². The van der Waals surface area contributed by atoms with Crippen molar-refractivity contribution in [3.63, 3.8) is 0 Å². The average molecular weight is 472 g/mol. The van der Waals surface area contributed by atoms with Gasteiger partial charge in [0.05, 0.1) is 22.8 Å². The maximum Gasteiger partial charge on any atom is 0.414 e. The van der Waals surface area contributed by atoms with E-state index in [4.69, 9.17) is 4.74 Å². The zero-order valence-corrected chi connectivity index (χ0v) is 18.6. The molecule has 1 saturated heterocycles. The van der Waals surface area contributed by atoms with Gasteiger partial charge in [-0.15, -0.1) is 11.3 Å². The van der Waals surface area contributed by atoms with Crippen LogP contribution in [0.5, 0.6) is 0 Å². The molecule has 0 saturated carbocycles. The van der Waals surface area contributed by atoms with Gasteiger partial charge in [-0.05, 0) is 54.3 Å². The number of carbonyl (C=O) groups excluding carboxylic acids is 2. The van der Waals surface area contributed by atoms with Gasteiger partial charge in [0.2, 0.25) is 10.0 Å². The Bertz CT molecular complexity index is 1210. The maximum absolute atomic E-state index is 12.7. The van der Waals surface area contributed by atoms with Crippen molar-refractivity contribution >= 4 is 44.7 Å². The summed E-state index contributed by atoms with van der Waals surface area (Å²) in [6.07, 6.45) is 0.147. The minimum absolute atomic E-state index is 0.0837. The Morgan fingerprint density at radius 3 is 2.53 bits per heavy atom. The van der Waals surface area contributed by atoms with Gasteiger partial charge in [0, 0.05) is 17.0 Å². The number of para-hydroxylation sites is 2. The monoisotopic (exact) mass is 471 g/mol. The van der Waals surface area contributed by atoms with E-state index in [-0.39, 0.29) is 4.90 Å². The lowest BCUT2D eigenvalue weighted by molar-refractivity contribution is 0.102. The minimum Gasteiger partial charge on any atom is -0.447 e. The molecule has 1 aliphatic heterocycles. The zero-order valence-electron chi connectivity index (χ0n) is 17.0. The smallest absolute Gasteiger partial charge is 0.414 e. The second-order valence-electron chi connectivity index (χ2n) is 6.99. The fourth-order valence-corrected chi connectivity index (χ4v) is 4.99. The van der Waals surface area contributed by atoms with Crippen LogP contribution >= 0.6 is 11.3 Å². The van der Waals surface area contributed by atoms with Crippen molar-refractivity contribution in [1.29, 1.82) is 0 Å². The average Bonchev–Trinajstić information content (AvgIpc) is 3.46. The van der Waals surface area contributed by atoms with Crippen LogP contribution in [0.3, 0.4) is 0 Å². The Hall–Kier alpha value is -3.21. The highest BCUT2D eigenvalue weighted by atomic mass is 32.2. The van der Waals surface area contributed by atoms with Gasteiger partial charge in [-0.2, -0.15) is 0 Å². The topological polar surface area (TPSA) is 105 Å². The standard InChI is InChI=1S/C22H21N3O5S2/c26-21(24-19-5-1-2-6-20(19)25-13-14-30-22(25)27)16-7-9-18(10-8-16)32(28,29)23-12-11-17-4-3-15-31-17/h1-10,15,23H,11-14H2,(H,24,26). The number of nitrogens with one attached hydrogen (secondary N) is 2. The van der Waals surface area contributed by atoms with Crippen LogP contribution in [0.15, 0.2) is 70.9 Å². The van der Waals surface area contributed by atoms with Gasteiger partial charge in [0.15, 0.2) is 0 Å². The number of nitrogens with zero attached hydrogens (tertiary/aromatic N) is 1. The van der Waals surface area contributed by atoms with E-state index >= 15 is 0 Å². The van der Waals surface area contributed by atoms with E-state index in [1.165, 1.54) is 29.2 Å². The number of rotatable bonds is 8. The summed E-state index contributed by atoms with van der Waals surface area (Å²) in [5.74, 6) is -0.417. The van der Waals surface area contributed by atoms with Crippen LogP contribution in [0.4, 0.5) is 16.2 Å². The summed E-state index contributed by atoms with van der Waals surface area (Å²) < 4.78 is 32.5. The Morgan fingerprint density at radius 2 is 1.84 bits per heavy atom. The van der Waals surface area contributed by atoms with Crippen LogP contribution in [-0.2, 0) is 21.2 Å². The molecule has 1 aromatic heterocycles. The van der Waals surface area contributed by atoms with Crippen LogP contribution in [0.25, 0.3) is 0 Å². The third-order valence-electron chi connectivity index (χ3n) is 4.87. The van der Waals surface area contributed by atoms with E-state index in [1.807, 2.05) is 17.5 Å². The van der Waals surface area contributed by atoms with Crippen molar-refractivity contribution in [1.82, 2.24) is 4.72 Å². The first kappa shape index (κ1) is 22.0. The quantitative estimate of drug-likeness (QED) is 0.523. The fraction of sp³-hybridized carbons (Fsp3) is 0.182. The van der Waals surface area contributed by atoms with Crippen LogP contribution in [0.1, 0.15) is 15.2 Å². The van der Waals surface area contributed by atoms with Crippen molar-refractivity contribution in [2.45, 2.75) is 11.3 Å². The lowest BCUT2D eigenvalue weighted by Gasteiger charge is -2.17. The normalized spacial score (nSPS) is 13.8. The van der Waals surface area contributed by atoms with Gasteiger partial charge in [-0.1, -0.05) is 18.2 Å². The van der Waals surface area contributed by atoms with E-state index in [0.717, 1.165) is 4.88 Å². The number of anilines is 2. The number of sulfonamides is 1. The van der Waals surface area contributed by atoms with Gasteiger partial charge < -0.3 is 10.1 Å². The number of thiophene rings is 1. The molecule has 8 nitrogen and oxygen atoms in total. The molecule has 3 aromatic rings. The third kappa shape index (κ3) is 4.98. The molecular weight excluding hydrogens is 450 g/mol. The maximum atomic E-state index is 12.7. The van der Waals surface area contributed by atoms with Crippen LogP contribution in [0.2, 0.25) is 0 Å². The molecule has 0 aliphatic carbocycles. The van der Waals surface area contributed by atoms with Crippen molar-refractivity contribution in [2.75, 3.05) is 29.9 Å². The summed E-state index contributed by atoms with van der Waals surface area (Å²) in [4.78, 5) is 27.2. The molecular formula is C22H21N3O5S2.